The first-order valence-electron chi connectivity index (χ1n) is 4.51. The summed E-state index contributed by atoms with van der Waals surface area (Å²) in [5.74, 6) is 0. The molecule has 15 heavy (non-hydrogen) atoms. The summed E-state index contributed by atoms with van der Waals surface area (Å²) in [5, 5.41) is 0. The van der Waals surface area contributed by atoms with E-state index in [1.165, 1.54) is 0 Å². The summed E-state index contributed by atoms with van der Waals surface area (Å²) in [6.45, 7) is 5.85. The molecule has 4 heteroatoms. The summed E-state index contributed by atoms with van der Waals surface area (Å²) in [6.07, 6.45) is 0.301. The molecular weight excluding hydrogens is 185 g/mol. The van der Waals surface area contributed by atoms with Gasteiger partial charge in [-0.25, -0.2) is 4.98 Å². The normalized spacial score (nSPS) is 11.1. The Morgan fingerprint density at radius 1 is 1.40 bits per heavy atom. The van der Waals surface area contributed by atoms with E-state index in [1.807, 2.05) is 32.9 Å². The van der Waals surface area contributed by atoms with Gasteiger partial charge in [0.15, 0.2) is 0 Å². The van der Waals surface area contributed by atoms with Crippen LogP contribution in [0.25, 0.3) is 11.1 Å². The fourth-order valence-corrected chi connectivity index (χ4v) is 1.10. The molecule has 0 atom stereocenters. The Labute approximate surface area is 101 Å². The van der Waals surface area contributed by atoms with Crippen molar-refractivity contribution in [3.05, 3.63) is 24.3 Å². The summed E-state index contributed by atoms with van der Waals surface area (Å²) in [7, 11) is 0. The van der Waals surface area contributed by atoms with Crippen LogP contribution in [0.5, 0.6) is 6.08 Å². The number of oxazole rings is 1. The van der Waals surface area contributed by atoms with Gasteiger partial charge in [-0.1, -0.05) is 0 Å². The standard InChI is InChI=1S/C11H12NO2.Li/c1-11(2,3)14-10-12-8-6-4-5-7-9(8)13-10;/h4-6H,1-3H3;/q-1;+1. The number of benzene rings is 1. The Bertz CT molecular complexity index is 412. The average molecular weight is 197 g/mol. The van der Waals surface area contributed by atoms with Gasteiger partial charge >= 0.3 is 24.9 Å². The van der Waals surface area contributed by atoms with Crippen LogP contribution in [0.2, 0.25) is 0 Å². The molecule has 0 amide bonds. The summed E-state index contributed by atoms with van der Waals surface area (Å²) in [5.41, 5.74) is 1.11. The molecule has 0 aliphatic carbocycles. The van der Waals surface area contributed by atoms with Crippen molar-refractivity contribution in [2.24, 2.45) is 0 Å². The van der Waals surface area contributed by atoms with Crippen molar-refractivity contribution in [1.29, 1.82) is 0 Å². The molecule has 74 valence electrons. The van der Waals surface area contributed by atoms with Crippen LogP contribution in [-0.4, -0.2) is 10.6 Å². The van der Waals surface area contributed by atoms with E-state index in [2.05, 4.69) is 11.1 Å². The van der Waals surface area contributed by atoms with Crippen LogP contribution in [-0.2, 0) is 0 Å². The molecule has 1 heterocycles. The van der Waals surface area contributed by atoms with Crippen LogP contribution < -0.4 is 23.6 Å². The Kier molecular flexibility index (Phi) is 3.49. The Hall–Kier alpha value is -0.913. The Balaban J connectivity index is 0.00000112. The molecule has 0 saturated heterocycles. The van der Waals surface area contributed by atoms with E-state index in [-0.39, 0.29) is 24.5 Å². The van der Waals surface area contributed by atoms with E-state index in [4.69, 9.17) is 9.15 Å². The van der Waals surface area contributed by atoms with Crippen LogP contribution >= 0.6 is 0 Å². The predicted octanol–water partition coefficient (Wildman–Crippen LogP) is -0.191. The van der Waals surface area contributed by atoms with Crippen LogP contribution in [0.3, 0.4) is 0 Å². The third-order valence-corrected chi connectivity index (χ3v) is 1.59. The van der Waals surface area contributed by atoms with E-state index >= 15 is 0 Å². The molecule has 0 bridgehead atoms. The second-order valence-electron chi connectivity index (χ2n) is 4.08. The van der Waals surface area contributed by atoms with Gasteiger partial charge in [0.2, 0.25) is 0 Å². The Morgan fingerprint density at radius 2 is 2.13 bits per heavy atom. The third-order valence-electron chi connectivity index (χ3n) is 1.59. The fraction of sp³-hybridized carbons (Fsp3) is 0.364. The zero-order valence-corrected chi connectivity index (χ0v) is 9.50. The maximum atomic E-state index is 5.49. The fourth-order valence-electron chi connectivity index (χ4n) is 1.10. The van der Waals surface area contributed by atoms with Crippen LogP contribution in [0.15, 0.2) is 22.6 Å². The van der Waals surface area contributed by atoms with E-state index in [0.29, 0.717) is 11.7 Å². The summed E-state index contributed by atoms with van der Waals surface area (Å²) in [6, 6.07) is 8.47. The smallest absolute Gasteiger partial charge is 0.445 e. The van der Waals surface area contributed by atoms with Crippen LogP contribution in [0.4, 0.5) is 0 Å². The number of ether oxygens (including phenoxy) is 1. The van der Waals surface area contributed by atoms with Crippen molar-refractivity contribution in [2.45, 2.75) is 26.4 Å². The SMILES string of the molecule is CC(C)(C)Oc1nc2ccc[c-]c2o1.[Li+]. The first-order chi connectivity index (χ1) is 6.54. The molecule has 0 unspecified atom stereocenters. The topological polar surface area (TPSA) is 35.3 Å². The number of fused-ring (bicyclic) bond motifs is 1. The second-order valence-corrected chi connectivity index (χ2v) is 4.08. The van der Waals surface area contributed by atoms with Gasteiger partial charge in [0.1, 0.15) is 5.60 Å². The van der Waals surface area contributed by atoms with E-state index < -0.39 is 0 Å². The number of hydrogen-bond acceptors (Lipinski definition) is 3. The van der Waals surface area contributed by atoms with Gasteiger partial charge in [-0.15, -0.1) is 12.1 Å². The minimum Gasteiger partial charge on any atom is -0.445 e. The first kappa shape index (κ1) is 12.2. The molecule has 1 aromatic carbocycles. The minimum absolute atomic E-state index is 0. The molecule has 2 aromatic rings. The minimum atomic E-state index is -0.291. The molecule has 0 spiro atoms. The van der Waals surface area contributed by atoms with Gasteiger partial charge in [0.25, 0.3) is 0 Å². The molecule has 0 N–H and O–H groups in total. The average Bonchev–Trinajstić information content (AvgIpc) is 2.42. The number of nitrogens with zero attached hydrogens (tertiary/aromatic N) is 1. The van der Waals surface area contributed by atoms with Gasteiger partial charge in [-0.2, -0.15) is 12.1 Å². The van der Waals surface area contributed by atoms with Crippen molar-refractivity contribution >= 4 is 11.1 Å². The van der Waals surface area contributed by atoms with Crippen molar-refractivity contribution in [3.63, 3.8) is 0 Å². The van der Waals surface area contributed by atoms with E-state index in [0.717, 1.165) is 5.52 Å². The van der Waals surface area contributed by atoms with Crippen molar-refractivity contribution in [1.82, 2.24) is 4.98 Å². The van der Waals surface area contributed by atoms with Crippen LogP contribution in [0, 0.1) is 6.07 Å². The van der Waals surface area contributed by atoms with Crippen molar-refractivity contribution in [2.75, 3.05) is 0 Å². The molecule has 2 rings (SSSR count). The maximum absolute atomic E-state index is 5.49. The summed E-state index contributed by atoms with van der Waals surface area (Å²) >= 11 is 0. The summed E-state index contributed by atoms with van der Waals surface area (Å²) in [4.78, 5) is 4.18. The summed E-state index contributed by atoms with van der Waals surface area (Å²) < 4.78 is 10.8. The van der Waals surface area contributed by atoms with Gasteiger partial charge in [-0.3, -0.25) is 0 Å². The number of aromatic nitrogens is 1. The number of hydrogen-bond donors (Lipinski definition) is 0. The monoisotopic (exact) mass is 197 g/mol. The molecular formula is C11H12LiNO2. The molecule has 3 nitrogen and oxygen atoms in total. The van der Waals surface area contributed by atoms with Crippen LogP contribution in [0.1, 0.15) is 20.8 Å². The van der Waals surface area contributed by atoms with Gasteiger partial charge in [0, 0.05) is 11.1 Å². The third kappa shape index (κ3) is 3.02. The second kappa shape index (κ2) is 4.30. The molecule has 0 aliphatic rings. The zero-order valence-electron chi connectivity index (χ0n) is 9.50. The number of rotatable bonds is 1. The molecule has 1 aromatic heterocycles. The van der Waals surface area contributed by atoms with Crippen molar-refractivity contribution in [3.8, 4) is 6.08 Å². The van der Waals surface area contributed by atoms with Gasteiger partial charge in [0.05, 0.1) is 0 Å². The molecule has 0 radical (unpaired) electrons. The largest absolute Gasteiger partial charge is 1.00 e. The first-order valence-corrected chi connectivity index (χ1v) is 4.51. The Morgan fingerprint density at radius 3 is 2.73 bits per heavy atom. The predicted molar refractivity (Wildman–Crippen MR) is 53.2 cm³/mol. The van der Waals surface area contributed by atoms with E-state index in [9.17, 15) is 0 Å². The quantitative estimate of drug-likeness (QED) is 0.469. The maximum Gasteiger partial charge on any atom is 1.00 e. The van der Waals surface area contributed by atoms with Crippen molar-refractivity contribution < 1.29 is 28.0 Å². The zero-order chi connectivity index (χ0) is 10.2. The van der Waals surface area contributed by atoms with Gasteiger partial charge < -0.3 is 9.15 Å². The molecule has 0 fully saturated rings. The molecule has 0 saturated carbocycles. The van der Waals surface area contributed by atoms with Gasteiger partial charge in [-0.05, 0) is 20.8 Å². The molecule has 0 aliphatic heterocycles. The number of para-hydroxylation sites is 1. The van der Waals surface area contributed by atoms with E-state index in [1.54, 1.807) is 6.07 Å².